The van der Waals surface area contributed by atoms with E-state index in [4.69, 9.17) is 10.5 Å². The van der Waals surface area contributed by atoms with Gasteiger partial charge < -0.3 is 15.6 Å². The molecule has 23 heavy (non-hydrogen) atoms. The zero-order chi connectivity index (χ0) is 17.0. The van der Waals surface area contributed by atoms with Crippen LogP contribution in [0.1, 0.15) is 19.4 Å². The van der Waals surface area contributed by atoms with Crippen LogP contribution >= 0.6 is 0 Å². The lowest BCUT2D eigenvalue weighted by molar-refractivity contribution is -0.137. The number of aliphatic hydroxyl groups excluding tert-OH is 1. The first-order valence-electron chi connectivity index (χ1n) is 7.87. The Morgan fingerprint density at radius 2 is 2.04 bits per heavy atom. The molecule has 3 atom stereocenters. The predicted octanol–water partition coefficient (Wildman–Crippen LogP) is 1.17. The van der Waals surface area contributed by atoms with E-state index >= 15 is 0 Å². The topological polar surface area (TPSA) is 92.9 Å². The monoisotopic (exact) mass is 320 g/mol. The van der Waals surface area contributed by atoms with Crippen LogP contribution in [0.15, 0.2) is 30.3 Å². The third-order valence-electron chi connectivity index (χ3n) is 4.23. The minimum atomic E-state index is -1.01. The summed E-state index contributed by atoms with van der Waals surface area (Å²) in [5.41, 5.74) is 6.46. The Bertz CT molecular complexity index is 547. The van der Waals surface area contributed by atoms with Crippen molar-refractivity contribution < 1.29 is 19.4 Å². The van der Waals surface area contributed by atoms with E-state index in [-0.39, 0.29) is 25.1 Å². The van der Waals surface area contributed by atoms with Crippen LogP contribution in [0.2, 0.25) is 0 Å². The molecule has 126 valence electrons. The number of hydrogen-bond donors (Lipinski definition) is 2. The second kappa shape index (κ2) is 7.57. The Hall–Kier alpha value is -1.92. The first kappa shape index (κ1) is 17.4. The number of benzene rings is 1. The van der Waals surface area contributed by atoms with Gasteiger partial charge in [-0.3, -0.25) is 4.79 Å². The van der Waals surface area contributed by atoms with Crippen molar-refractivity contribution in [2.75, 3.05) is 13.2 Å². The van der Waals surface area contributed by atoms with Crippen molar-refractivity contribution in [3.8, 4) is 0 Å². The highest BCUT2D eigenvalue weighted by molar-refractivity contribution is 5.95. The maximum atomic E-state index is 12.9. The van der Waals surface area contributed by atoms with Gasteiger partial charge in [0, 0.05) is 6.54 Å². The van der Waals surface area contributed by atoms with Crippen molar-refractivity contribution in [3.05, 3.63) is 35.9 Å². The summed E-state index contributed by atoms with van der Waals surface area (Å²) in [4.78, 5) is 26.0. The number of amides is 2. The second-order valence-corrected chi connectivity index (χ2v) is 6.20. The van der Waals surface area contributed by atoms with Crippen molar-refractivity contribution in [1.82, 2.24) is 4.90 Å². The molecule has 2 rings (SSSR count). The summed E-state index contributed by atoms with van der Waals surface area (Å²) in [7, 11) is 0. The molecule has 1 saturated heterocycles. The minimum absolute atomic E-state index is 0.0432. The number of nitrogens with zero attached hydrogens (tertiary/aromatic N) is 1. The number of cyclic esters (lactones) is 1. The minimum Gasteiger partial charge on any atom is -0.447 e. The van der Waals surface area contributed by atoms with Gasteiger partial charge in [-0.2, -0.15) is 0 Å². The van der Waals surface area contributed by atoms with Gasteiger partial charge in [0.2, 0.25) is 5.91 Å². The molecule has 1 fully saturated rings. The number of ether oxygens (including phenoxy) is 1. The Morgan fingerprint density at radius 1 is 1.39 bits per heavy atom. The average Bonchev–Trinajstić information content (AvgIpc) is 2.94. The van der Waals surface area contributed by atoms with E-state index in [1.165, 1.54) is 0 Å². The maximum Gasteiger partial charge on any atom is 0.416 e. The molecule has 3 N–H and O–H groups in total. The predicted molar refractivity (Wildman–Crippen MR) is 85.5 cm³/mol. The van der Waals surface area contributed by atoms with Crippen molar-refractivity contribution >= 4 is 12.0 Å². The zero-order valence-corrected chi connectivity index (χ0v) is 13.5. The van der Waals surface area contributed by atoms with Gasteiger partial charge in [-0.05, 0) is 17.9 Å². The van der Waals surface area contributed by atoms with Crippen LogP contribution in [0.25, 0.3) is 0 Å². The second-order valence-electron chi connectivity index (χ2n) is 6.20. The molecule has 6 nitrogen and oxygen atoms in total. The molecule has 1 aliphatic rings. The normalized spacial score (nSPS) is 20.5. The van der Waals surface area contributed by atoms with Gasteiger partial charge >= 0.3 is 6.09 Å². The molecule has 0 aliphatic carbocycles. The summed E-state index contributed by atoms with van der Waals surface area (Å²) in [6.07, 6.45) is -1.33. The van der Waals surface area contributed by atoms with E-state index in [2.05, 4.69) is 0 Å². The lowest BCUT2D eigenvalue weighted by Gasteiger charge is -2.29. The van der Waals surface area contributed by atoms with Crippen LogP contribution in [0.3, 0.4) is 0 Å². The smallest absolute Gasteiger partial charge is 0.416 e. The highest BCUT2D eigenvalue weighted by atomic mass is 16.6. The largest absolute Gasteiger partial charge is 0.447 e. The fraction of sp³-hybridized carbons (Fsp3) is 0.529. The number of nitrogens with two attached hydrogens (primary N) is 1. The van der Waals surface area contributed by atoms with Gasteiger partial charge in [0.1, 0.15) is 6.61 Å². The van der Waals surface area contributed by atoms with Crippen LogP contribution < -0.4 is 5.73 Å². The average molecular weight is 320 g/mol. The summed E-state index contributed by atoms with van der Waals surface area (Å²) in [5.74, 6) is -1.11. The van der Waals surface area contributed by atoms with Crippen LogP contribution in [-0.4, -0.2) is 47.3 Å². The highest BCUT2D eigenvalue weighted by Gasteiger charge is 2.43. The SMILES string of the molecule is CC(C)[C@H]1COC(=O)N1C(=O)[C@@H](Cc1ccccc1)[C@H](O)CN. The molecule has 1 aromatic carbocycles. The van der Waals surface area contributed by atoms with Gasteiger partial charge in [0.05, 0.1) is 18.1 Å². The summed E-state index contributed by atoms with van der Waals surface area (Å²) in [6, 6.07) is 9.07. The molecule has 0 radical (unpaired) electrons. The third kappa shape index (κ3) is 3.89. The molecule has 1 heterocycles. The number of carbonyl (C=O) groups excluding carboxylic acids is 2. The molecule has 1 aromatic rings. The van der Waals surface area contributed by atoms with E-state index in [9.17, 15) is 14.7 Å². The summed E-state index contributed by atoms with van der Waals surface area (Å²) >= 11 is 0. The fourth-order valence-electron chi connectivity index (χ4n) is 2.78. The Kier molecular flexibility index (Phi) is 5.74. The zero-order valence-electron chi connectivity index (χ0n) is 13.5. The lowest BCUT2D eigenvalue weighted by atomic mass is 9.91. The molecule has 1 aliphatic heterocycles. The van der Waals surface area contributed by atoms with E-state index in [1.807, 2.05) is 44.2 Å². The number of aliphatic hydroxyl groups is 1. The van der Waals surface area contributed by atoms with Gasteiger partial charge in [-0.1, -0.05) is 44.2 Å². The van der Waals surface area contributed by atoms with Gasteiger partial charge in [-0.15, -0.1) is 0 Å². The summed E-state index contributed by atoms with van der Waals surface area (Å²) in [6.45, 7) is 4.01. The number of rotatable bonds is 6. The highest BCUT2D eigenvalue weighted by Crippen LogP contribution is 2.24. The van der Waals surface area contributed by atoms with E-state index in [0.717, 1.165) is 10.5 Å². The first-order chi connectivity index (χ1) is 11.0. The quantitative estimate of drug-likeness (QED) is 0.821. The third-order valence-corrected chi connectivity index (χ3v) is 4.23. The Balaban J connectivity index is 2.24. The summed E-state index contributed by atoms with van der Waals surface area (Å²) in [5, 5.41) is 10.2. The first-order valence-corrected chi connectivity index (χ1v) is 7.87. The van der Waals surface area contributed by atoms with E-state index < -0.39 is 24.0 Å². The molecule has 0 spiro atoms. The van der Waals surface area contributed by atoms with E-state index in [0.29, 0.717) is 6.42 Å². The molecule has 0 saturated carbocycles. The van der Waals surface area contributed by atoms with Crippen molar-refractivity contribution in [2.24, 2.45) is 17.6 Å². The molecule has 0 unspecified atom stereocenters. The standard InChI is InChI=1S/C17H24N2O4/c1-11(2)14-10-23-17(22)19(14)16(21)13(15(20)9-18)8-12-6-4-3-5-7-12/h3-7,11,13-15,20H,8-10,18H2,1-2H3/t13-,14+,15+/m0/s1. The Morgan fingerprint density at radius 3 is 2.61 bits per heavy atom. The summed E-state index contributed by atoms with van der Waals surface area (Å²) < 4.78 is 5.03. The van der Waals surface area contributed by atoms with Gasteiger partial charge in [0.15, 0.2) is 0 Å². The number of hydrogen-bond acceptors (Lipinski definition) is 5. The lowest BCUT2D eigenvalue weighted by Crippen LogP contribution is -2.49. The van der Waals surface area contributed by atoms with Crippen LogP contribution in [0.5, 0.6) is 0 Å². The molecule has 6 heteroatoms. The van der Waals surface area contributed by atoms with E-state index in [1.54, 1.807) is 0 Å². The van der Waals surface area contributed by atoms with Crippen molar-refractivity contribution in [2.45, 2.75) is 32.4 Å². The van der Waals surface area contributed by atoms with Crippen LogP contribution in [0, 0.1) is 11.8 Å². The van der Waals surface area contributed by atoms with Crippen molar-refractivity contribution in [1.29, 1.82) is 0 Å². The van der Waals surface area contributed by atoms with Crippen LogP contribution in [-0.2, 0) is 16.0 Å². The fourth-order valence-corrected chi connectivity index (χ4v) is 2.78. The molecule has 0 aromatic heterocycles. The van der Waals surface area contributed by atoms with Gasteiger partial charge in [-0.25, -0.2) is 9.69 Å². The number of carbonyl (C=O) groups is 2. The van der Waals surface area contributed by atoms with Gasteiger partial charge in [0.25, 0.3) is 0 Å². The molecular weight excluding hydrogens is 296 g/mol. The Labute approximate surface area is 136 Å². The molecular formula is C17H24N2O4. The molecule has 0 bridgehead atoms. The molecule has 2 amide bonds. The maximum absolute atomic E-state index is 12.9. The van der Waals surface area contributed by atoms with Crippen molar-refractivity contribution in [3.63, 3.8) is 0 Å². The van der Waals surface area contributed by atoms with Crippen LogP contribution in [0.4, 0.5) is 4.79 Å². The number of imide groups is 1.